The Morgan fingerprint density at radius 3 is 2.91 bits per heavy atom. The number of hydrogen-bond acceptors (Lipinski definition) is 5. The summed E-state index contributed by atoms with van der Waals surface area (Å²) in [6.45, 7) is 1.22. The van der Waals surface area contributed by atoms with E-state index in [1.54, 1.807) is 13.0 Å². The van der Waals surface area contributed by atoms with Gasteiger partial charge in [-0.1, -0.05) is 17.3 Å². The Bertz CT molecular complexity index is 709. The number of rotatable bonds is 5. The highest BCUT2D eigenvalue weighted by molar-refractivity contribution is 5.94. The predicted molar refractivity (Wildman–Crippen MR) is 76.3 cm³/mol. The van der Waals surface area contributed by atoms with E-state index in [0.29, 0.717) is 11.3 Å². The molecule has 6 nitrogen and oxygen atoms in total. The average molecular weight is 304 g/mol. The number of amides is 1. The van der Waals surface area contributed by atoms with Gasteiger partial charge in [0, 0.05) is 12.1 Å². The summed E-state index contributed by atoms with van der Waals surface area (Å²) in [5.41, 5.74) is 0.513. The van der Waals surface area contributed by atoms with E-state index in [0.717, 1.165) is 6.08 Å². The zero-order valence-corrected chi connectivity index (χ0v) is 11.7. The third-order valence-electron chi connectivity index (χ3n) is 2.50. The van der Waals surface area contributed by atoms with Crippen LogP contribution in [-0.4, -0.2) is 23.6 Å². The van der Waals surface area contributed by atoms with Crippen LogP contribution in [0.25, 0.3) is 6.08 Å². The van der Waals surface area contributed by atoms with E-state index < -0.39 is 24.3 Å². The average Bonchev–Trinajstić information content (AvgIpc) is 2.88. The largest absolute Gasteiger partial charge is 0.452 e. The molecule has 2 aromatic rings. The van der Waals surface area contributed by atoms with Crippen LogP contribution in [0, 0.1) is 12.7 Å². The lowest BCUT2D eigenvalue weighted by Crippen LogP contribution is -2.20. The molecule has 1 aromatic carbocycles. The normalized spacial score (nSPS) is 10.6. The molecule has 22 heavy (non-hydrogen) atoms. The summed E-state index contributed by atoms with van der Waals surface area (Å²) in [5, 5.41) is 5.97. The van der Waals surface area contributed by atoms with Crippen LogP contribution >= 0.6 is 0 Å². The molecule has 0 aliphatic carbocycles. The van der Waals surface area contributed by atoms with E-state index in [1.807, 2.05) is 0 Å². The monoisotopic (exact) mass is 304 g/mol. The Morgan fingerprint density at radius 1 is 1.41 bits per heavy atom. The molecule has 0 spiro atoms. The van der Waals surface area contributed by atoms with Crippen molar-refractivity contribution in [3.05, 3.63) is 53.5 Å². The van der Waals surface area contributed by atoms with Gasteiger partial charge in [-0.3, -0.25) is 4.79 Å². The predicted octanol–water partition coefficient (Wildman–Crippen LogP) is 2.32. The van der Waals surface area contributed by atoms with Crippen molar-refractivity contribution in [2.45, 2.75) is 6.92 Å². The highest BCUT2D eigenvalue weighted by Crippen LogP contribution is 2.07. The van der Waals surface area contributed by atoms with Crippen molar-refractivity contribution in [2.75, 3.05) is 11.9 Å². The number of carbonyl (C=O) groups is 2. The highest BCUT2D eigenvalue weighted by Gasteiger charge is 2.08. The zero-order valence-electron chi connectivity index (χ0n) is 11.7. The molecule has 0 fully saturated rings. The van der Waals surface area contributed by atoms with E-state index >= 15 is 0 Å². The number of aromatic nitrogens is 1. The van der Waals surface area contributed by atoms with E-state index in [2.05, 4.69) is 10.5 Å². The maximum atomic E-state index is 12.9. The third-order valence-corrected chi connectivity index (χ3v) is 2.50. The smallest absolute Gasteiger partial charge is 0.331 e. The molecule has 1 heterocycles. The van der Waals surface area contributed by atoms with Crippen LogP contribution in [0.5, 0.6) is 0 Å². The van der Waals surface area contributed by atoms with Crippen molar-refractivity contribution in [1.29, 1.82) is 0 Å². The first-order chi connectivity index (χ1) is 10.5. The fraction of sp³-hybridized carbons (Fsp3) is 0.133. The Labute approximate surface area is 125 Å². The minimum atomic E-state index is -0.712. The highest BCUT2D eigenvalue weighted by atomic mass is 19.1. The van der Waals surface area contributed by atoms with E-state index in [-0.39, 0.29) is 5.82 Å². The Balaban J connectivity index is 1.78. The maximum absolute atomic E-state index is 12.9. The number of benzene rings is 1. The molecule has 0 saturated heterocycles. The summed E-state index contributed by atoms with van der Waals surface area (Å²) in [6, 6.07) is 7.25. The molecular weight excluding hydrogens is 291 g/mol. The second kappa shape index (κ2) is 7.16. The van der Waals surface area contributed by atoms with Gasteiger partial charge >= 0.3 is 5.97 Å². The number of esters is 1. The molecule has 7 heteroatoms. The molecule has 0 bridgehead atoms. The lowest BCUT2D eigenvalue weighted by molar-refractivity contribution is -0.142. The Kier molecular flexibility index (Phi) is 5.02. The molecule has 0 unspecified atom stereocenters. The number of anilines is 1. The minimum absolute atomic E-state index is 0.244. The fourth-order valence-corrected chi connectivity index (χ4v) is 1.56. The molecule has 0 aliphatic heterocycles. The summed E-state index contributed by atoms with van der Waals surface area (Å²) in [4.78, 5) is 22.9. The fourth-order valence-electron chi connectivity index (χ4n) is 1.56. The lowest BCUT2D eigenvalue weighted by Gasteiger charge is -2.01. The van der Waals surface area contributed by atoms with Gasteiger partial charge in [-0.25, -0.2) is 9.18 Å². The van der Waals surface area contributed by atoms with Crippen molar-refractivity contribution in [2.24, 2.45) is 0 Å². The summed E-state index contributed by atoms with van der Waals surface area (Å²) < 4.78 is 22.5. The number of hydrogen-bond donors (Lipinski definition) is 1. The first-order valence-electron chi connectivity index (χ1n) is 6.36. The van der Waals surface area contributed by atoms with Crippen molar-refractivity contribution in [3.63, 3.8) is 0 Å². The second-order valence-electron chi connectivity index (χ2n) is 4.37. The van der Waals surface area contributed by atoms with Gasteiger partial charge in [0.25, 0.3) is 5.91 Å². The van der Waals surface area contributed by atoms with Gasteiger partial charge in [-0.15, -0.1) is 0 Å². The number of carbonyl (C=O) groups excluding carboxylic acids is 2. The topological polar surface area (TPSA) is 81.4 Å². The molecule has 0 radical (unpaired) electrons. The van der Waals surface area contributed by atoms with Crippen LogP contribution in [0.3, 0.4) is 0 Å². The number of nitrogens with zero attached hydrogens (tertiary/aromatic N) is 1. The van der Waals surface area contributed by atoms with Crippen LogP contribution in [-0.2, 0) is 14.3 Å². The third kappa shape index (κ3) is 4.86. The van der Waals surface area contributed by atoms with Gasteiger partial charge in [0.2, 0.25) is 0 Å². The molecule has 0 saturated carbocycles. The number of ether oxygens (including phenoxy) is 1. The first kappa shape index (κ1) is 15.4. The summed E-state index contributed by atoms with van der Waals surface area (Å²) in [7, 11) is 0. The Hall–Kier alpha value is -2.96. The van der Waals surface area contributed by atoms with Crippen LogP contribution in [0.4, 0.5) is 10.2 Å². The van der Waals surface area contributed by atoms with E-state index in [9.17, 15) is 14.0 Å². The minimum Gasteiger partial charge on any atom is -0.452 e. The summed E-state index contributed by atoms with van der Waals surface area (Å²) in [5.74, 6) is -0.867. The van der Waals surface area contributed by atoms with Gasteiger partial charge in [0.1, 0.15) is 11.6 Å². The molecule has 1 amide bonds. The number of nitrogens with one attached hydrogen (secondary N) is 1. The quantitative estimate of drug-likeness (QED) is 0.677. The van der Waals surface area contributed by atoms with Crippen molar-refractivity contribution in [3.8, 4) is 0 Å². The maximum Gasteiger partial charge on any atom is 0.331 e. The molecule has 114 valence electrons. The molecule has 1 aromatic heterocycles. The van der Waals surface area contributed by atoms with Crippen LogP contribution in [0.1, 0.15) is 11.3 Å². The van der Waals surface area contributed by atoms with Crippen molar-refractivity contribution >= 4 is 23.8 Å². The van der Waals surface area contributed by atoms with Gasteiger partial charge in [-0.2, -0.15) is 0 Å². The second-order valence-corrected chi connectivity index (χ2v) is 4.37. The first-order valence-corrected chi connectivity index (χ1v) is 6.36. The molecule has 1 N–H and O–H groups in total. The number of halogens is 1. The molecule has 2 rings (SSSR count). The van der Waals surface area contributed by atoms with Crippen LogP contribution in [0.2, 0.25) is 0 Å². The molecule has 0 atom stereocenters. The zero-order chi connectivity index (χ0) is 15.9. The van der Waals surface area contributed by atoms with Gasteiger partial charge < -0.3 is 14.6 Å². The van der Waals surface area contributed by atoms with Gasteiger partial charge in [0.05, 0.1) is 0 Å². The summed E-state index contributed by atoms with van der Waals surface area (Å²) >= 11 is 0. The van der Waals surface area contributed by atoms with E-state index in [4.69, 9.17) is 9.26 Å². The lowest BCUT2D eigenvalue weighted by atomic mass is 10.2. The van der Waals surface area contributed by atoms with Crippen LogP contribution in [0.15, 0.2) is 40.9 Å². The SMILES string of the molecule is Cc1cc(NC(=O)COC(=O)/C=C/c2cccc(F)c2)no1. The summed E-state index contributed by atoms with van der Waals surface area (Å²) in [6.07, 6.45) is 2.51. The molecular formula is C15H13FN2O4. The van der Waals surface area contributed by atoms with Crippen LogP contribution < -0.4 is 5.32 Å². The van der Waals surface area contributed by atoms with Crippen molar-refractivity contribution < 1.29 is 23.2 Å². The number of aryl methyl sites for hydroxylation is 1. The van der Waals surface area contributed by atoms with Gasteiger partial charge in [0.15, 0.2) is 12.4 Å². The standard InChI is InChI=1S/C15H13FN2O4/c1-10-7-13(18-22-10)17-14(19)9-21-15(20)6-5-11-3-2-4-12(16)8-11/h2-8H,9H2,1H3,(H,17,18,19)/b6-5+. The van der Waals surface area contributed by atoms with E-state index in [1.165, 1.54) is 30.3 Å². The molecule has 0 aliphatic rings. The Morgan fingerprint density at radius 2 is 2.23 bits per heavy atom. The van der Waals surface area contributed by atoms with Crippen molar-refractivity contribution in [1.82, 2.24) is 5.16 Å². The van der Waals surface area contributed by atoms with Gasteiger partial charge in [-0.05, 0) is 30.7 Å².